The van der Waals surface area contributed by atoms with Gasteiger partial charge in [-0.3, -0.25) is 9.59 Å². The Kier molecular flexibility index (Phi) is 6.21. The quantitative estimate of drug-likeness (QED) is 0.636. The first-order valence-electron chi connectivity index (χ1n) is 5.67. The number of methoxy groups -OCH3 is 2. The van der Waals surface area contributed by atoms with Gasteiger partial charge in [0.2, 0.25) is 0 Å². The molecule has 0 radical (unpaired) electrons. The summed E-state index contributed by atoms with van der Waals surface area (Å²) < 4.78 is 9.25. The minimum atomic E-state index is -0.508. The van der Waals surface area contributed by atoms with Crippen LogP contribution < -0.4 is 0 Å². The van der Waals surface area contributed by atoms with E-state index in [0.29, 0.717) is 6.42 Å². The molecule has 104 valence electrons. The number of carbonyl (C=O) groups excluding carboxylic acids is 2. The molecule has 0 aliphatic heterocycles. The Labute approximate surface area is 115 Å². The van der Waals surface area contributed by atoms with E-state index in [1.807, 2.05) is 0 Å². The summed E-state index contributed by atoms with van der Waals surface area (Å²) in [6.07, 6.45) is 0.460. The van der Waals surface area contributed by atoms with Crippen molar-refractivity contribution in [1.82, 2.24) is 0 Å². The fourth-order valence-corrected chi connectivity index (χ4v) is 2.53. The molecule has 0 amide bonds. The molecule has 0 spiro atoms. The van der Waals surface area contributed by atoms with Gasteiger partial charge in [-0.05, 0) is 24.6 Å². The van der Waals surface area contributed by atoms with E-state index in [1.54, 1.807) is 24.3 Å². The predicted octanol–water partition coefficient (Wildman–Crippen LogP) is 1.98. The molecule has 0 aliphatic carbocycles. The monoisotopic (exact) mass is 284 g/mol. The van der Waals surface area contributed by atoms with Crippen molar-refractivity contribution < 1.29 is 24.2 Å². The molecule has 5 nitrogen and oxygen atoms in total. The third-order valence-electron chi connectivity index (χ3n) is 2.40. The lowest BCUT2D eigenvalue weighted by atomic mass is 10.2. The summed E-state index contributed by atoms with van der Waals surface area (Å²) in [5.41, 5.74) is 0. The van der Waals surface area contributed by atoms with Gasteiger partial charge in [0.15, 0.2) is 0 Å². The second-order valence-corrected chi connectivity index (χ2v) is 5.02. The molecule has 1 atom stereocenters. The second-order valence-electron chi connectivity index (χ2n) is 3.74. The maximum Gasteiger partial charge on any atom is 0.319 e. The van der Waals surface area contributed by atoms with E-state index in [1.165, 1.54) is 26.0 Å². The van der Waals surface area contributed by atoms with Crippen molar-refractivity contribution in [2.45, 2.75) is 23.0 Å². The van der Waals surface area contributed by atoms with E-state index < -0.39 is 11.2 Å². The molecule has 1 aromatic rings. The highest BCUT2D eigenvalue weighted by atomic mass is 32.2. The van der Waals surface area contributed by atoms with Crippen molar-refractivity contribution in [3.05, 3.63) is 24.3 Å². The molecular formula is C13H16O5S. The summed E-state index contributed by atoms with van der Waals surface area (Å²) in [7, 11) is 2.61. The molecule has 1 unspecified atom stereocenters. The SMILES string of the molecule is COC(=O)CCC(Sc1cccc(O)c1)C(=O)OC. The van der Waals surface area contributed by atoms with E-state index in [-0.39, 0.29) is 18.1 Å². The van der Waals surface area contributed by atoms with Crippen LogP contribution in [-0.2, 0) is 19.1 Å². The number of esters is 2. The molecule has 0 saturated heterocycles. The van der Waals surface area contributed by atoms with E-state index in [4.69, 9.17) is 4.74 Å². The van der Waals surface area contributed by atoms with Crippen molar-refractivity contribution in [2.75, 3.05) is 14.2 Å². The van der Waals surface area contributed by atoms with Crippen LogP contribution in [0.4, 0.5) is 0 Å². The zero-order chi connectivity index (χ0) is 14.3. The van der Waals surface area contributed by atoms with Gasteiger partial charge >= 0.3 is 11.9 Å². The smallest absolute Gasteiger partial charge is 0.319 e. The Bertz CT molecular complexity index is 446. The summed E-state index contributed by atoms with van der Waals surface area (Å²) in [6, 6.07) is 6.56. The summed E-state index contributed by atoms with van der Waals surface area (Å²) >= 11 is 1.25. The second kappa shape index (κ2) is 7.68. The molecule has 0 bridgehead atoms. The van der Waals surface area contributed by atoms with Gasteiger partial charge in [0.25, 0.3) is 0 Å². The van der Waals surface area contributed by atoms with Gasteiger partial charge in [-0.1, -0.05) is 6.07 Å². The zero-order valence-electron chi connectivity index (χ0n) is 10.8. The van der Waals surface area contributed by atoms with E-state index in [2.05, 4.69) is 4.74 Å². The van der Waals surface area contributed by atoms with Crippen LogP contribution in [0.3, 0.4) is 0 Å². The molecule has 0 saturated carbocycles. The lowest BCUT2D eigenvalue weighted by Crippen LogP contribution is -2.20. The lowest BCUT2D eigenvalue weighted by molar-refractivity contribution is -0.142. The van der Waals surface area contributed by atoms with E-state index in [0.717, 1.165) is 4.90 Å². The zero-order valence-corrected chi connectivity index (χ0v) is 11.6. The first-order valence-corrected chi connectivity index (χ1v) is 6.55. The van der Waals surface area contributed by atoms with Gasteiger partial charge in [0.05, 0.1) is 14.2 Å². The van der Waals surface area contributed by atoms with Crippen LogP contribution >= 0.6 is 11.8 Å². The van der Waals surface area contributed by atoms with Crippen molar-refractivity contribution >= 4 is 23.7 Å². The summed E-state index contributed by atoms with van der Waals surface area (Å²) in [5.74, 6) is -0.649. The van der Waals surface area contributed by atoms with Crippen LogP contribution in [0.5, 0.6) is 5.75 Å². The largest absolute Gasteiger partial charge is 0.508 e. The van der Waals surface area contributed by atoms with Crippen LogP contribution in [0.2, 0.25) is 0 Å². The van der Waals surface area contributed by atoms with Crippen molar-refractivity contribution in [3.63, 3.8) is 0 Å². The molecule has 1 rings (SSSR count). The van der Waals surface area contributed by atoms with Gasteiger partial charge in [-0.15, -0.1) is 11.8 Å². The minimum Gasteiger partial charge on any atom is -0.508 e. The van der Waals surface area contributed by atoms with Crippen LogP contribution in [-0.4, -0.2) is 36.5 Å². The number of carbonyl (C=O) groups is 2. The molecule has 19 heavy (non-hydrogen) atoms. The highest BCUT2D eigenvalue weighted by Crippen LogP contribution is 2.29. The maximum absolute atomic E-state index is 11.6. The van der Waals surface area contributed by atoms with Gasteiger partial charge < -0.3 is 14.6 Å². The standard InChI is InChI=1S/C13H16O5S/c1-17-12(15)7-6-11(13(16)18-2)19-10-5-3-4-9(14)8-10/h3-5,8,11,14H,6-7H2,1-2H3. The van der Waals surface area contributed by atoms with Crippen molar-refractivity contribution in [3.8, 4) is 5.75 Å². The number of thioether (sulfide) groups is 1. The average Bonchev–Trinajstić information content (AvgIpc) is 2.42. The highest BCUT2D eigenvalue weighted by Gasteiger charge is 2.22. The normalized spacial score (nSPS) is 11.7. The van der Waals surface area contributed by atoms with Crippen LogP contribution in [0.1, 0.15) is 12.8 Å². The van der Waals surface area contributed by atoms with E-state index in [9.17, 15) is 14.7 Å². The Balaban J connectivity index is 2.69. The number of phenolic OH excluding ortho intramolecular Hbond substituents is 1. The third-order valence-corrected chi connectivity index (χ3v) is 3.64. The molecule has 0 aliphatic rings. The first kappa shape index (κ1) is 15.4. The van der Waals surface area contributed by atoms with Crippen molar-refractivity contribution in [2.24, 2.45) is 0 Å². The Morgan fingerprint density at radius 2 is 2.05 bits per heavy atom. The fraction of sp³-hybridized carbons (Fsp3) is 0.385. The molecule has 1 aromatic carbocycles. The number of hydrogen-bond acceptors (Lipinski definition) is 6. The van der Waals surface area contributed by atoms with Gasteiger partial charge in [-0.25, -0.2) is 0 Å². The molecule has 6 heteroatoms. The average molecular weight is 284 g/mol. The molecular weight excluding hydrogens is 268 g/mol. The molecule has 1 N–H and O–H groups in total. The third kappa shape index (κ3) is 5.21. The van der Waals surface area contributed by atoms with E-state index >= 15 is 0 Å². The number of phenols is 1. The minimum absolute atomic E-state index is 0.126. The van der Waals surface area contributed by atoms with Gasteiger partial charge in [0.1, 0.15) is 11.0 Å². The highest BCUT2D eigenvalue weighted by molar-refractivity contribution is 8.00. The topological polar surface area (TPSA) is 72.8 Å². The summed E-state index contributed by atoms with van der Waals surface area (Å²) in [6.45, 7) is 0. The Morgan fingerprint density at radius 1 is 1.32 bits per heavy atom. The lowest BCUT2D eigenvalue weighted by Gasteiger charge is -2.13. The molecule has 0 aromatic heterocycles. The molecule has 0 heterocycles. The number of rotatable bonds is 6. The summed E-state index contributed by atoms with van der Waals surface area (Å²) in [4.78, 5) is 23.5. The van der Waals surface area contributed by atoms with Gasteiger partial charge in [0, 0.05) is 11.3 Å². The first-order chi connectivity index (χ1) is 9.06. The van der Waals surface area contributed by atoms with Gasteiger partial charge in [-0.2, -0.15) is 0 Å². The van der Waals surface area contributed by atoms with Crippen molar-refractivity contribution in [1.29, 1.82) is 0 Å². The molecule has 0 fully saturated rings. The van der Waals surface area contributed by atoms with Crippen LogP contribution in [0.15, 0.2) is 29.2 Å². The number of aromatic hydroxyl groups is 1. The number of hydrogen-bond donors (Lipinski definition) is 1. The van der Waals surface area contributed by atoms with Crippen LogP contribution in [0.25, 0.3) is 0 Å². The maximum atomic E-state index is 11.6. The number of ether oxygens (including phenoxy) is 2. The Hall–Kier alpha value is -1.69. The summed E-state index contributed by atoms with van der Waals surface area (Å²) in [5, 5.41) is 8.87. The fourth-order valence-electron chi connectivity index (χ4n) is 1.43. The predicted molar refractivity (Wildman–Crippen MR) is 71.0 cm³/mol. The Morgan fingerprint density at radius 3 is 2.63 bits per heavy atom. The number of benzene rings is 1. The van der Waals surface area contributed by atoms with Crippen LogP contribution in [0, 0.1) is 0 Å².